The van der Waals surface area contributed by atoms with Crippen molar-refractivity contribution in [3.05, 3.63) is 0 Å². The van der Waals surface area contributed by atoms with Crippen LogP contribution < -0.4 is 0 Å². The van der Waals surface area contributed by atoms with Crippen LogP contribution in [0.5, 0.6) is 0 Å². The smallest absolute Gasteiger partial charge is 0.106 e. The molecule has 0 amide bonds. The van der Waals surface area contributed by atoms with Gasteiger partial charge in [0.2, 0.25) is 0 Å². The Morgan fingerprint density at radius 3 is 2.18 bits per heavy atom. The Kier molecular flexibility index (Phi) is 2.84. The average Bonchev–Trinajstić information content (AvgIpc) is 2.01. The number of rotatable bonds is 1. The molecule has 11 heavy (non-hydrogen) atoms. The zero-order chi connectivity index (χ0) is 8.43. The molecule has 0 aromatic carbocycles. The van der Waals surface area contributed by atoms with E-state index in [2.05, 4.69) is 0 Å². The van der Waals surface area contributed by atoms with Crippen molar-refractivity contribution in [1.82, 2.24) is 0 Å². The summed E-state index contributed by atoms with van der Waals surface area (Å²) in [4.78, 5) is 0. The second-order valence-corrected chi connectivity index (χ2v) is 3.07. The lowest BCUT2D eigenvalue weighted by atomic mass is 9.83. The summed E-state index contributed by atoms with van der Waals surface area (Å²) in [7, 11) is 0. The van der Waals surface area contributed by atoms with E-state index in [4.69, 9.17) is 15.3 Å². The molecule has 4 nitrogen and oxygen atoms in total. The number of hydrogen-bond donors (Lipinski definition) is 4. The second kappa shape index (κ2) is 3.49. The molecule has 4 heteroatoms. The highest BCUT2D eigenvalue weighted by Crippen LogP contribution is 2.24. The third-order valence-electron chi connectivity index (χ3n) is 2.29. The van der Waals surface area contributed by atoms with Crippen molar-refractivity contribution in [2.24, 2.45) is 5.92 Å². The largest absolute Gasteiger partial charge is 0.396 e. The fourth-order valence-electron chi connectivity index (χ4n) is 1.43. The minimum atomic E-state index is -1.10. The van der Waals surface area contributed by atoms with Crippen molar-refractivity contribution in [2.45, 2.75) is 31.2 Å². The Morgan fingerprint density at radius 2 is 1.64 bits per heavy atom. The normalized spacial score (nSPS) is 45.8. The highest BCUT2D eigenvalue weighted by Gasteiger charge is 2.35. The van der Waals surface area contributed by atoms with Crippen LogP contribution in [0.3, 0.4) is 0 Å². The summed E-state index contributed by atoms with van der Waals surface area (Å²) in [5.74, 6) is -0.284. The van der Waals surface area contributed by atoms with Crippen LogP contribution in [0.2, 0.25) is 0 Å². The first-order chi connectivity index (χ1) is 5.16. The van der Waals surface area contributed by atoms with Gasteiger partial charge in [0.1, 0.15) is 6.10 Å². The topological polar surface area (TPSA) is 80.9 Å². The molecule has 0 aliphatic heterocycles. The van der Waals surface area contributed by atoms with Gasteiger partial charge in [0, 0.05) is 12.5 Å². The van der Waals surface area contributed by atoms with Crippen molar-refractivity contribution >= 4 is 0 Å². The summed E-state index contributed by atoms with van der Waals surface area (Å²) < 4.78 is 0. The van der Waals surface area contributed by atoms with Crippen LogP contribution in [-0.4, -0.2) is 45.3 Å². The van der Waals surface area contributed by atoms with Gasteiger partial charge < -0.3 is 20.4 Å². The molecule has 0 saturated heterocycles. The van der Waals surface area contributed by atoms with Gasteiger partial charge in [0.25, 0.3) is 0 Å². The predicted molar refractivity (Wildman–Crippen MR) is 37.8 cm³/mol. The molecule has 66 valence electrons. The van der Waals surface area contributed by atoms with E-state index in [0.29, 0.717) is 12.8 Å². The Balaban J connectivity index is 2.52. The van der Waals surface area contributed by atoms with Crippen molar-refractivity contribution in [1.29, 1.82) is 0 Å². The van der Waals surface area contributed by atoms with Crippen LogP contribution in [0.25, 0.3) is 0 Å². The maximum atomic E-state index is 9.24. The van der Waals surface area contributed by atoms with Crippen molar-refractivity contribution in [2.75, 3.05) is 6.61 Å². The average molecular weight is 162 g/mol. The van der Waals surface area contributed by atoms with Crippen molar-refractivity contribution < 1.29 is 20.4 Å². The fraction of sp³-hybridized carbons (Fsp3) is 1.00. The Hall–Kier alpha value is -0.160. The molecule has 0 bridgehead atoms. The number of hydrogen-bond acceptors (Lipinski definition) is 4. The van der Waals surface area contributed by atoms with Gasteiger partial charge in [0.05, 0.1) is 12.2 Å². The van der Waals surface area contributed by atoms with Gasteiger partial charge in [-0.05, 0) is 12.8 Å². The third kappa shape index (κ3) is 1.70. The predicted octanol–water partition coefficient (Wildman–Crippen LogP) is -1.53. The lowest BCUT2D eigenvalue weighted by molar-refractivity contribution is -0.118. The minimum Gasteiger partial charge on any atom is -0.396 e. The van der Waals surface area contributed by atoms with Crippen LogP contribution in [-0.2, 0) is 0 Å². The molecular weight excluding hydrogens is 148 g/mol. The second-order valence-electron chi connectivity index (χ2n) is 3.07. The number of aliphatic hydroxyl groups excluding tert-OH is 4. The summed E-state index contributed by atoms with van der Waals surface area (Å²) in [5, 5.41) is 36.2. The van der Waals surface area contributed by atoms with E-state index < -0.39 is 18.3 Å². The highest BCUT2D eigenvalue weighted by atomic mass is 16.4. The summed E-state index contributed by atoms with van der Waals surface area (Å²) in [6, 6.07) is 0. The van der Waals surface area contributed by atoms with Gasteiger partial charge in [-0.25, -0.2) is 0 Å². The van der Waals surface area contributed by atoms with Gasteiger partial charge in [-0.2, -0.15) is 0 Å². The standard InChI is InChI=1S/C7H14O4/c8-3-4-1-2-5(9)7(11)6(4)10/h4-11H,1-3H2. The van der Waals surface area contributed by atoms with Crippen molar-refractivity contribution in [3.8, 4) is 0 Å². The lowest BCUT2D eigenvalue weighted by Gasteiger charge is -2.33. The molecule has 0 aromatic heterocycles. The first kappa shape index (κ1) is 8.93. The summed E-state index contributed by atoms with van der Waals surface area (Å²) >= 11 is 0. The van der Waals surface area contributed by atoms with Gasteiger partial charge >= 0.3 is 0 Å². The van der Waals surface area contributed by atoms with Gasteiger partial charge in [-0.1, -0.05) is 0 Å². The van der Waals surface area contributed by atoms with Crippen LogP contribution in [0, 0.1) is 5.92 Å². The summed E-state index contributed by atoms with van der Waals surface area (Å²) in [6.45, 7) is -0.134. The van der Waals surface area contributed by atoms with Crippen LogP contribution in [0.15, 0.2) is 0 Å². The first-order valence-electron chi connectivity index (χ1n) is 3.82. The molecule has 0 spiro atoms. The van der Waals surface area contributed by atoms with E-state index in [-0.39, 0.29) is 12.5 Å². The molecule has 1 aliphatic carbocycles. The molecule has 1 fully saturated rings. The van der Waals surface area contributed by atoms with Crippen LogP contribution in [0.1, 0.15) is 12.8 Å². The van der Waals surface area contributed by atoms with E-state index in [1.807, 2.05) is 0 Å². The molecule has 4 unspecified atom stereocenters. The van der Waals surface area contributed by atoms with E-state index in [0.717, 1.165) is 0 Å². The molecule has 4 N–H and O–H groups in total. The maximum absolute atomic E-state index is 9.24. The first-order valence-corrected chi connectivity index (χ1v) is 3.82. The molecule has 0 aromatic rings. The summed E-state index contributed by atoms with van der Waals surface area (Å²) in [5.41, 5.74) is 0. The minimum absolute atomic E-state index is 0.134. The molecule has 4 atom stereocenters. The van der Waals surface area contributed by atoms with E-state index in [9.17, 15) is 5.11 Å². The maximum Gasteiger partial charge on any atom is 0.106 e. The molecule has 1 rings (SSSR count). The monoisotopic (exact) mass is 162 g/mol. The van der Waals surface area contributed by atoms with Gasteiger partial charge in [-0.3, -0.25) is 0 Å². The number of aliphatic hydroxyl groups is 4. The SMILES string of the molecule is OCC1CCC(O)C(O)C1O. The van der Waals surface area contributed by atoms with Crippen LogP contribution >= 0.6 is 0 Å². The molecule has 1 saturated carbocycles. The summed E-state index contributed by atoms with van der Waals surface area (Å²) in [6.07, 6.45) is -1.91. The molecule has 0 heterocycles. The lowest BCUT2D eigenvalue weighted by Crippen LogP contribution is -2.47. The highest BCUT2D eigenvalue weighted by molar-refractivity contribution is 4.86. The molecular formula is C7H14O4. The van der Waals surface area contributed by atoms with Crippen molar-refractivity contribution in [3.63, 3.8) is 0 Å². The quantitative estimate of drug-likeness (QED) is 0.377. The zero-order valence-electron chi connectivity index (χ0n) is 6.22. The molecule has 0 radical (unpaired) electrons. The van der Waals surface area contributed by atoms with E-state index in [1.165, 1.54) is 0 Å². The fourth-order valence-corrected chi connectivity index (χ4v) is 1.43. The van der Waals surface area contributed by atoms with E-state index in [1.54, 1.807) is 0 Å². The van der Waals surface area contributed by atoms with E-state index >= 15 is 0 Å². The van der Waals surface area contributed by atoms with Gasteiger partial charge in [-0.15, -0.1) is 0 Å². The van der Waals surface area contributed by atoms with Crippen LogP contribution in [0.4, 0.5) is 0 Å². The molecule has 1 aliphatic rings. The Bertz CT molecular complexity index is 126. The third-order valence-corrected chi connectivity index (χ3v) is 2.29. The Morgan fingerprint density at radius 1 is 1.00 bits per heavy atom. The zero-order valence-corrected chi connectivity index (χ0v) is 6.22. The van der Waals surface area contributed by atoms with Gasteiger partial charge in [0.15, 0.2) is 0 Å². The Labute approximate surface area is 65.1 Å².